The topological polar surface area (TPSA) is 104 Å². The predicted molar refractivity (Wildman–Crippen MR) is 104 cm³/mol. The summed E-state index contributed by atoms with van der Waals surface area (Å²) >= 11 is 5.78. The summed E-state index contributed by atoms with van der Waals surface area (Å²) in [4.78, 5) is 24.0. The van der Waals surface area contributed by atoms with Crippen molar-refractivity contribution in [2.75, 3.05) is 18.9 Å². The van der Waals surface area contributed by atoms with Crippen LogP contribution in [0.4, 0.5) is 5.69 Å². The van der Waals surface area contributed by atoms with Gasteiger partial charge in [-0.2, -0.15) is 0 Å². The van der Waals surface area contributed by atoms with Crippen LogP contribution in [0.25, 0.3) is 0 Å². The zero-order chi connectivity index (χ0) is 19.9. The Hall–Kier alpha value is -2.42. The first-order chi connectivity index (χ1) is 12.8. The smallest absolute Gasteiger partial charge is 0.251 e. The Labute approximate surface area is 163 Å². The fourth-order valence-electron chi connectivity index (χ4n) is 2.21. The van der Waals surface area contributed by atoms with Crippen LogP contribution in [-0.2, 0) is 14.8 Å². The fourth-order valence-corrected chi connectivity index (χ4v) is 3.07. The number of benzene rings is 2. The molecule has 0 aliphatic heterocycles. The third-order valence-corrected chi connectivity index (χ3v) is 5.37. The van der Waals surface area contributed by atoms with E-state index in [1.165, 1.54) is 31.3 Å². The van der Waals surface area contributed by atoms with Crippen LogP contribution in [0, 0.1) is 0 Å². The number of halogens is 1. The lowest BCUT2D eigenvalue weighted by molar-refractivity contribution is -0.116. The Morgan fingerprint density at radius 1 is 1.00 bits per heavy atom. The first-order valence-electron chi connectivity index (χ1n) is 8.19. The highest BCUT2D eigenvalue weighted by Gasteiger charge is 2.12. The van der Waals surface area contributed by atoms with E-state index in [0.29, 0.717) is 29.2 Å². The summed E-state index contributed by atoms with van der Waals surface area (Å²) in [5, 5.41) is 6.03. The van der Waals surface area contributed by atoms with Crippen LogP contribution >= 0.6 is 11.6 Å². The van der Waals surface area contributed by atoms with E-state index in [0.717, 1.165) is 0 Å². The van der Waals surface area contributed by atoms with E-state index < -0.39 is 10.0 Å². The molecule has 144 valence electrons. The third-order valence-electron chi connectivity index (χ3n) is 3.69. The molecule has 2 aromatic rings. The molecular weight excluding hydrogens is 390 g/mol. The Balaban J connectivity index is 1.75. The lowest BCUT2D eigenvalue weighted by Crippen LogP contribution is -2.25. The van der Waals surface area contributed by atoms with Crippen molar-refractivity contribution in [1.29, 1.82) is 0 Å². The Morgan fingerprint density at radius 2 is 1.63 bits per heavy atom. The van der Waals surface area contributed by atoms with E-state index in [2.05, 4.69) is 15.4 Å². The van der Waals surface area contributed by atoms with Crippen molar-refractivity contribution in [3.05, 3.63) is 59.1 Å². The lowest BCUT2D eigenvalue weighted by Gasteiger charge is -2.07. The highest BCUT2D eigenvalue weighted by atomic mass is 35.5. The molecule has 0 heterocycles. The quantitative estimate of drug-likeness (QED) is 0.582. The van der Waals surface area contributed by atoms with Gasteiger partial charge in [-0.3, -0.25) is 9.59 Å². The number of anilines is 1. The summed E-state index contributed by atoms with van der Waals surface area (Å²) < 4.78 is 25.5. The highest BCUT2D eigenvalue weighted by molar-refractivity contribution is 7.89. The molecule has 0 bridgehead atoms. The molecule has 9 heteroatoms. The maximum absolute atomic E-state index is 12.1. The summed E-state index contributed by atoms with van der Waals surface area (Å²) in [7, 11) is -2.21. The molecule has 0 saturated heterocycles. The second-order valence-corrected chi connectivity index (χ2v) is 7.97. The van der Waals surface area contributed by atoms with Gasteiger partial charge in [-0.25, -0.2) is 13.1 Å². The summed E-state index contributed by atoms with van der Waals surface area (Å²) in [6, 6.07) is 12.4. The van der Waals surface area contributed by atoms with E-state index in [9.17, 15) is 18.0 Å². The van der Waals surface area contributed by atoms with E-state index in [1.54, 1.807) is 24.3 Å². The normalized spacial score (nSPS) is 11.0. The predicted octanol–water partition coefficient (Wildman–Crippen LogP) is 2.40. The SMILES string of the molecule is CNS(=O)(=O)c1ccc(C(=O)NCCCC(=O)Nc2ccc(Cl)cc2)cc1. The van der Waals surface area contributed by atoms with Gasteiger partial charge in [0, 0.05) is 29.2 Å². The van der Waals surface area contributed by atoms with Crippen molar-refractivity contribution < 1.29 is 18.0 Å². The van der Waals surface area contributed by atoms with Gasteiger partial charge >= 0.3 is 0 Å². The number of carbonyl (C=O) groups is 2. The fraction of sp³-hybridized carbons (Fsp3) is 0.222. The van der Waals surface area contributed by atoms with Crippen LogP contribution in [0.1, 0.15) is 23.2 Å². The molecule has 0 radical (unpaired) electrons. The van der Waals surface area contributed by atoms with Crippen molar-refractivity contribution in [2.45, 2.75) is 17.7 Å². The summed E-state index contributed by atoms with van der Waals surface area (Å²) in [6.45, 7) is 0.323. The van der Waals surface area contributed by atoms with Crippen molar-refractivity contribution in [3.63, 3.8) is 0 Å². The molecule has 0 aromatic heterocycles. The van der Waals surface area contributed by atoms with Gasteiger partial charge < -0.3 is 10.6 Å². The average Bonchev–Trinajstić information content (AvgIpc) is 2.67. The number of sulfonamides is 1. The van der Waals surface area contributed by atoms with Gasteiger partial charge in [0.05, 0.1) is 4.90 Å². The zero-order valence-corrected chi connectivity index (χ0v) is 16.2. The molecule has 0 aliphatic carbocycles. The van der Waals surface area contributed by atoms with Gasteiger partial charge in [0.2, 0.25) is 15.9 Å². The second kappa shape index (κ2) is 9.50. The molecule has 3 N–H and O–H groups in total. The average molecular weight is 410 g/mol. The summed E-state index contributed by atoms with van der Waals surface area (Å²) in [5.74, 6) is -0.491. The van der Waals surface area contributed by atoms with Crippen molar-refractivity contribution in [2.24, 2.45) is 0 Å². The number of amides is 2. The van der Waals surface area contributed by atoms with E-state index in [4.69, 9.17) is 11.6 Å². The Morgan fingerprint density at radius 3 is 2.22 bits per heavy atom. The van der Waals surface area contributed by atoms with Gasteiger partial charge in [0.25, 0.3) is 5.91 Å². The maximum Gasteiger partial charge on any atom is 0.251 e. The minimum Gasteiger partial charge on any atom is -0.352 e. The zero-order valence-electron chi connectivity index (χ0n) is 14.7. The first kappa shape index (κ1) is 20.9. The summed E-state index contributed by atoms with van der Waals surface area (Å²) in [6.07, 6.45) is 0.722. The van der Waals surface area contributed by atoms with Gasteiger partial charge in [-0.1, -0.05) is 11.6 Å². The number of nitrogens with one attached hydrogen (secondary N) is 3. The monoisotopic (exact) mass is 409 g/mol. The molecule has 27 heavy (non-hydrogen) atoms. The van der Waals surface area contributed by atoms with Gasteiger partial charge in [0.1, 0.15) is 0 Å². The van der Waals surface area contributed by atoms with Crippen LogP contribution in [0.2, 0.25) is 5.02 Å². The van der Waals surface area contributed by atoms with Crippen LogP contribution in [-0.4, -0.2) is 33.8 Å². The van der Waals surface area contributed by atoms with Crippen molar-refractivity contribution >= 4 is 39.1 Å². The van der Waals surface area contributed by atoms with Crippen molar-refractivity contribution in [3.8, 4) is 0 Å². The molecular formula is C18H20ClN3O4S. The largest absolute Gasteiger partial charge is 0.352 e. The molecule has 0 fully saturated rings. The number of rotatable bonds is 8. The van der Waals surface area contributed by atoms with Gasteiger partial charge in [0.15, 0.2) is 0 Å². The van der Waals surface area contributed by atoms with Gasteiger partial charge in [-0.05, 0) is 62.0 Å². The van der Waals surface area contributed by atoms with Gasteiger partial charge in [-0.15, -0.1) is 0 Å². The van der Waals surface area contributed by atoms with Crippen LogP contribution in [0.5, 0.6) is 0 Å². The lowest BCUT2D eigenvalue weighted by atomic mass is 10.2. The second-order valence-electron chi connectivity index (χ2n) is 5.65. The minimum atomic E-state index is -3.53. The Kier molecular flexibility index (Phi) is 7.35. The molecule has 0 saturated carbocycles. The first-order valence-corrected chi connectivity index (χ1v) is 10.0. The molecule has 7 nitrogen and oxygen atoms in total. The molecule has 2 aromatic carbocycles. The molecule has 0 spiro atoms. The highest BCUT2D eigenvalue weighted by Crippen LogP contribution is 2.14. The summed E-state index contributed by atoms with van der Waals surface area (Å²) in [5.41, 5.74) is 1.00. The van der Waals surface area contributed by atoms with E-state index in [-0.39, 0.29) is 23.1 Å². The molecule has 0 atom stereocenters. The number of hydrogen-bond donors (Lipinski definition) is 3. The van der Waals surface area contributed by atoms with Crippen LogP contribution in [0.3, 0.4) is 0 Å². The number of carbonyl (C=O) groups excluding carboxylic acids is 2. The standard InChI is InChI=1S/C18H20ClN3O4S/c1-20-27(25,26)16-10-4-13(5-11-16)18(24)21-12-2-3-17(23)22-15-8-6-14(19)7-9-15/h4-11,20H,2-3,12H2,1H3,(H,21,24)(H,22,23). The number of hydrogen-bond acceptors (Lipinski definition) is 4. The van der Waals surface area contributed by atoms with Crippen molar-refractivity contribution in [1.82, 2.24) is 10.0 Å². The third kappa shape index (κ3) is 6.35. The molecule has 0 unspecified atom stereocenters. The molecule has 2 rings (SSSR count). The minimum absolute atomic E-state index is 0.0837. The van der Waals surface area contributed by atoms with Crippen LogP contribution < -0.4 is 15.4 Å². The van der Waals surface area contributed by atoms with Crippen LogP contribution in [0.15, 0.2) is 53.4 Å². The van der Waals surface area contributed by atoms with E-state index >= 15 is 0 Å². The molecule has 0 aliphatic rings. The molecule has 2 amide bonds. The maximum atomic E-state index is 12.1. The Bertz CT molecular complexity index is 897. The van der Waals surface area contributed by atoms with E-state index in [1.807, 2.05) is 0 Å².